The topological polar surface area (TPSA) is 42.2 Å². The van der Waals surface area contributed by atoms with E-state index in [2.05, 4.69) is 0 Å². The highest BCUT2D eigenvalue weighted by atomic mass is 32.2. The first kappa shape index (κ1) is 6.51. The van der Waals surface area contributed by atoms with Crippen LogP contribution < -0.4 is 0 Å². The fourth-order valence-electron chi connectivity index (χ4n) is 0.581. The third kappa shape index (κ3) is 1.40. The van der Waals surface area contributed by atoms with Crippen LogP contribution >= 0.6 is 0 Å². The summed E-state index contributed by atoms with van der Waals surface area (Å²) in [6.07, 6.45) is 3.33. The van der Waals surface area contributed by atoms with Gasteiger partial charge in [-0.15, -0.1) is 0 Å². The molecule has 3 nitrogen and oxygen atoms in total. The molecule has 1 N–H and O–H groups in total. The number of aromatic nitrogens is 1. The fourth-order valence-corrected chi connectivity index (χ4v) is 1.01. The molecule has 1 aromatic rings. The lowest BCUT2D eigenvalue weighted by Gasteiger charge is -1.84. The Hall–Kier alpha value is -0.610. The van der Waals surface area contributed by atoms with Crippen molar-refractivity contribution in [1.82, 2.24) is 4.57 Å². The van der Waals surface area contributed by atoms with Crippen molar-refractivity contribution in [3.8, 4) is 0 Å². The first-order chi connectivity index (χ1) is 4.20. The van der Waals surface area contributed by atoms with Gasteiger partial charge < -0.3 is 9.12 Å². The Balaban J connectivity index is 2.98. The van der Waals surface area contributed by atoms with Gasteiger partial charge in [0.25, 0.3) is 0 Å². The molecule has 0 radical (unpaired) electrons. The van der Waals surface area contributed by atoms with E-state index in [1.54, 1.807) is 30.1 Å². The van der Waals surface area contributed by atoms with Crippen molar-refractivity contribution in [1.29, 1.82) is 0 Å². The van der Waals surface area contributed by atoms with Gasteiger partial charge in [0.05, 0.1) is 4.90 Å². The SMILES string of the molecule is Cn1ccc(S(=O)O)c1. The van der Waals surface area contributed by atoms with Gasteiger partial charge >= 0.3 is 0 Å². The number of aryl methyl sites for hydroxylation is 1. The normalized spacial score (nSPS) is 13.6. The Bertz CT molecular complexity index is 231. The molecule has 1 heterocycles. The highest BCUT2D eigenvalue weighted by molar-refractivity contribution is 7.79. The number of nitrogens with zero attached hydrogens (tertiary/aromatic N) is 1. The average molecular weight is 145 g/mol. The molecular weight excluding hydrogens is 138 g/mol. The molecule has 0 aliphatic rings. The van der Waals surface area contributed by atoms with Crippen molar-refractivity contribution in [3.63, 3.8) is 0 Å². The van der Waals surface area contributed by atoms with Crippen LogP contribution in [0.3, 0.4) is 0 Å². The summed E-state index contributed by atoms with van der Waals surface area (Å²) in [6, 6.07) is 1.61. The fraction of sp³-hybridized carbons (Fsp3) is 0.200. The standard InChI is InChI=1S/C5H7NO2S/c1-6-3-2-5(4-6)9(7)8/h2-4H,1H3,(H,7,8). The van der Waals surface area contributed by atoms with E-state index in [0.29, 0.717) is 4.90 Å². The Kier molecular flexibility index (Phi) is 1.68. The number of hydrogen-bond donors (Lipinski definition) is 1. The largest absolute Gasteiger partial charge is 0.356 e. The lowest BCUT2D eigenvalue weighted by molar-refractivity contribution is 0.564. The van der Waals surface area contributed by atoms with Gasteiger partial charge in [0.15, 0.2) is 11.1 Å². The summed E-state index contributed by atoms with van der Waals surface area (Å²) in [7, 11) is 1.80. The molecule has 4 heteroatoms. The van der Waals surface area contributed by atoms with E-state index in [1.807, 2.05) is 0 Å². The predicted octanol–water partition coefficient (Wildman–Crippen LogP) is 0.606. The van der Waals surface area contributed by atoms with Gasteiger partial charge in [-0.05, 0) is 6.07 Å². The zero-order valence-electron chi connectivity index (χ0n) is 4.94. The third-order valence-corrected chi connectivity index (χ3v) is 1.65. The Labute approximate surface area is 55.6 Å². The van der Waals surface area contributed by atoms with E-state index in [4.69, 9.17) is 4.55 Å². The van der Waals surface area contributed by atoms with Gasteiger partial charge in [-0.3, -0.25) is 0 Å². The van der Waals surface area contributed by atoms with E-state index < -0.39 is 11.1 Å². The number of rotatable bonds is 1. The van der Waals surface area contributed by atoms with Crippen molar-refractivity contribution in [2.75, 3.05) is 0 Å². The summed E-state index contributed by atoms with van der Waals surface area (Å²) in [5, 5.41) is 0. The van der Waals surface area contributed by atoms with Crippen LogP contribution in [0.4, 0.5) is 0 Å². The smallest absolute Gasteiger partial charge is 0.188 e. The average Bonchev–Trinajstić information content (AvgIpc) is 2.14. The van der Waals surface area contributed by atoms with Gasteiger partial charge in [0, 0.05) is 19.4 Å². The van der Waals surface area contributed by atoms with Crippen LogP contribution in [-0.2, 0) is 18.1 Å². The van der Waals surface area contributed by atoms with Crippen LogP contribution in [0.5, 0.6) is 0 Å². The number of hydrogen-bond acceptors (Lipinski definition) is 1. The van der Waals surface area contributed by atoms with Crippen molar-refractivity contribution in [2.24, 2.45) is 7.05 Å². The quantitative estimate of drug-likeness (QED) is 0.588. The van der Waals surface area contributed by atoms with Gasteiger partial charge in [-0.2, -0.15) is 0 Å². The van der Waals surface area contributed by atoms with Crippen LogP contribution in [-0.4, -0.2) is 13.3 Å². The molecule has 0 fully saturated rings. The maximum Gasteiger partial charge on any atom is 0.188 e. The zero-order valence-corrected chi connectivity index (χ0v) is 5.76. The van der Waals surface area contributed by atoms with E-state index >= 15 is 0 Å². The predicted molar refractivity (Wildman–Crippen MR) is 34.5 cm³/mol. The molecule has 0 aromatic carbocycles. The molecule has 50 valence electrons. The summed E-state index contributed by atoms with van der Waals surface area (Å²) >= 11 is -1.83. The van der Waals surface area contributed by atoms with Crippen LogP contribution in [0.15, 0.2) is 23.4 Å². The van der Waals surface area contributed by atoms with Crippen LogP contribution in [0.25, 0.3) is 0 Å². The molecule has 0 saturated carbocycles. The van der Waals surface area contributed by atoms with Crippen molar-refractivity contribution in [2.45, 2.75) is 4.90 Å². The molecule has 0 aliphatic heterocycles. The first-order valence-corrected chi connectivity index (χ1v) is 3.53. The molecule has 1 unspecified atom stereocenters. The molecule has 1 rings (SSSR count). The summed E-state index contributed by atoms with van der Waals surface area (Å²) < 4.78 is 20.5. The molecule has 0 spiro atoms. The molecule has 9 heavy (non-hydrogen) atoms. The highest BCUT2D eigenvalue weighted by Crippen LogP contribution is 2.02. The molecular formula is C5H7NO2S. The van der Waals surface area contributed by atoms with E-state index in [0.717, 1.165) is 0 Å². The summed E-state index contributed by atoms with van der Waals surface area (Å²) in [6.45, 7) is 0. The Morgan fingerprint density at radius 3 is 2.67 bits per heavy atom. The monoisotopic (exact) mass is 145 g/mol. The molecule has 0 bridgehead atoms. The Morgan fingerprint density at radius 2 is 2.44 bits per heavy atom. The maximum atomic E-state index is 10.3. The second-order valence-corrected chi connectivity index (χ2v) is 2.73. The van der Waals surface area contributed by atoms with Gasteiger partial charge in [-0.1, -0.05) is 0 Å². The molecule has 1 atom stereocenters. The molecule has 0 saturated heterocycles. The maximum absolute atomic E-state index is 10.3. The molecule has 0 amide bonds. The highest BCUT2D eigenvalue weighted by Gasteiger charge is 1.97. The zero-order chi connectivity index (χ0) is 6.85. The summed E-state index contributed by atoms with van der Waals surface area (Å²) in [5.74, 6) is 0. The van der Waals surface area contributed by atoms with Crippen molar-refractivity contribution in [3.05, 3.63) is 18.5 Å². The first-order valence-electron chi connectivity index (χ1n) is 2.43. The van der Waals surface area contributed by atoms with Gasteiger partial charge in [-0.25, -0.2) is 4.21 Å². The molecule has 0 aliphatic carbocycles. The summed E-state index contributed by atoms with van der Waals surface area (Å²) in [5.41, 5.74) is 0. The van der Waals surface area contributed by atoms with Gasteiger partial charge in [0.2, 0.25) is 0 Å². The Morgan fingerprint density at radius 1 is 1.78 bits per heavy atom. The second kappa shape index (κ2) is 2.33. The van der Waals surface area contributed by atoms with E-state index in [1.165, 1.54) is 0 Å². The molecule has 1 aromatic heterocycles. The third-order valence-electron chi connectivity index (χ3n) is 1.01. The van der Waals surface area contributed by atoms with Crippen LogP contribution in [0.1, 0.15) is 0 Å². The second-order valence-electron chi connectivity index (χ2n) is 1.76. The minimum absolute atomic E-state index is 0.442. The van der Waals surface area contributed by atoms with Crippen molar-refractivity contribution >= 4 is 11.1 Å². The minimum Gasteiger partial charge on any atom is -0.356 e. The van der Waals surface area contributed by atoms with E-state index in [9.17, 15) is 4.21 Å². The lowest BCUT2D eigenvalue weighted by atomic mass is 10.7. The lowest BCUT2D eigenvalue weighted by Crippen LogP contribution is -1.84. The van der Waals surface area contributed by atoms with Crippen LogP contribution in [0, 0.1) is 0 Å². The summed E-state index contributed by atoms with van der Waals surface area (Å²) in [4.78, 5) is 0.442. The minimum atomic E-state index is -1.83. The van der Waals surface area contributed by atoms with Crippen molar-refractivity contribution < 1.29 is 8.76 Å². The van der Waals surface area contributed by atoms with E-state index in [-0.39, 0.29) is 0 Å². The van der Waals surface area contributed by atoms with Gasteiger partial charge in [0.1, 0.15) is 0 Å². The van der Waals surface area contributed by atoms with Crippen LogP contribution in [0.2, 0.25) is 0 Å².